The maximum absolute atomic E-state index is 11.9. The second kappa shape index (κ2) is 22.6. The van der Waals surface area contributed by atoms with E-state index in [9.17, 15) is 19.5 Å². The molecule has 0 spiro atoms. The molecular formula is C27H40N2O6S. The van der Waals surface area contributed by atoms with E-state index in [1.54, 1.807) is 0 Å². The van der Waals surface area contributed by atoms with Gasteiger partial charge < -0.3 is 26.4 Å². The fraction of sp³-hybridized carbons (Fsp3) is 0.444. The molecule has 0 saturated heterocycles. The number of aliphatic carboxylic acids is 2. The Labute approximate surface area is 218 Å². The number of carbonyl (C=O) groups is 3. The van der Waals surface area contributed by atoms with Crippen molar-refractivity contribution in [3.05, 3.63) is 72.9 Å². The number of amides is 1. The van der Waals surface area contributed by atoms with E-state index in [0.717, 1.165) is 19.3 Å². The van der Waals surface area contributed by atoms with E-state index >= 15 is 0 Å². The van der Waals surface area contributed by atoms with E-state index < -0.39 is 36.5 Å². The minimum atomic E-state index is -1.14. The van der Waals surface area contributed by atoms with Crippen LogP contribution in [0.2, 0.25) is 0 Å². The molecule has 0 aromatic rings. The second-order valence-electron chi connectivity index (χ2n) is 7.74. The van der Waals surface area contributed by atoms with Crippen LogP contribution in [0.15, 0.2) is 72.9 Å². The molecule has 36 heavy (non-hydrogen) atoms. The van der Waals surface area contributed by atoms with Gasteiger partial charge in [-0.3, -0.25) is 14.4 Å². The molecule has 6 N–H and O–H groups in total. The Hall–Kier alpha value is -2.88. The van der Waals surface area contributed by atoms with E-state index in [1.165, 1.54) is 11.8 Å². The van der Waals surface area contributed by atoms with E-state index in [-0.39, 0.29) is 17.4 Å². The zero-order valence-corrected chi connectivity index (χ0v) is 21.7. The van der Waals surface area contributed by atoms with Gasteiger partial charge in [0.05, 0.1) is 12.1 Å². The molecule has 3 atom stereocenters. The molecule has 0 rings (SSSR count). The summed E-state index contributed by atoms with van der Waals surface area (Å²) in [5, 5.41) is 29.8. The van der Waals surface area contributed by atoms with Gasteiger partial charge in [0.2, 0.25) is 5.91 Å². The molecule has 0 saturated carbocycles. The van der Waals surface area contributed by atoms with Crippen LogP contribution in [0.3, 0.4) is 0 Å². The Bertz CT molecular complexity index is 817. The largest absolute Gasteiger partial charge is 0.481 e. The summed E-state index contributed by atoms with van der Waals surface area (Å²) in [5.41, 5.74) is 5.86. The quantitative estimate of drug-likeness (QED) is 0.120. The van der Waals surface area contributed by atoms with E-state index in [1.807, 2.05) is 79.8 Å². The van der Waals surface area contributed by atoms with Crippen molar-refractivity contribution >= 4 is 29.6 Å². The number of nitrogens with two attached hydrogens (primary N) is 1. The molecule has 0 aliphatic rings. The van der Waals surface area contributed by atoms with Crippen LogP contribution < -0.4 is 11.1 Å². The molecular weight excluding hydrogens is 480 g/mol. The van der Waals surface area contributed by atoms with Crippen molar-refractivity contribution in [2.45, 2.75) is 62.8 Å². The van der Waals surface area contributed by atoms with Gasteiger partial charge in [0.1, 0.15) is 6.54 Å². The SMILES string of the molecule is CCC=CCC(O)C(C=CC=CC=CCC=CCC=CCCC(=O)O)SCC(N)C(=O)NCC(=O)O. The average molecular weight is 521 g/mol. The molecule has 1 amide bonds. The number of carbonyl (C=O) groups excluding carboxylic acids is 1. The van der Waals surface area contributed by atoms with Crippen LogP contribution >= 0.6 is 11.8 Å². The highest BCUT2D eigenvalue weighted by atomic mass is 32.2. The Balaban J connectivity index is 4.62. The van der Waals surface area contributed by atoms with E-state index in [4.69, 9.17) is 15.9 Å². The molecule has 9 heteroatoms. The van der Waals surface area contributed by atoms with Gasteiger partial charge in [-0.25, -0.2) is 0 Å². The molecule has 0 aromatic carbocycles. The van der Waals surface area contributed by atoms with Crippen molar-refractivity contribution in [2.75, 3.05) is 12.3 Å². The monoisotopic (exact) mass is 520 g/mol. The Morgan fingerprint density at radius 1 is 0.889 bits per heavy atom. The zero-order valence-electron chi connectivity index (χ0n) is 20.9. The minimum absolute atomic E-state index is 0.150. The molecule has 8 nitrogen and oxygen atoms in total. The summed E-state index contributed by atoms with van der Waals surface area (Å²) >= 11 is 1.34. The molecule has 200 valence electrons. The summed E-state index contributed by atoms with van der Waals surface area (Å²) in [5.74, 6) is -2.23. The maximum Gasteiger partial charge on any atom is 0.322 e. The number of carboxylic acid groups (broad SMARTS) is 2. The van der Waals surface area contributed by atoms with Gasteiger partial charge in [-0.05, 0) is 32.1 Å². The van der Waals surface area contributed by atoms with Crippen molar-refractivity contribution in [3.63, 3.8) is 0 Å². The number of aliphatic hydroxyl groups excluding tert-OH is 1. The summed E-state index contributed by atoms with van der Waals surface area (Å²) in [7, 11) is 0. The van der Waals surface area contributed by atoms with Crippen molar-refractivity contribution in [2.24, 2.45) is 5.73 Å². The molecule has 0 radical (unpaired) electrons. The normalized spacial score (nSPS) is 15.1. The van der Waals surface area contributed by atoms with Gasteiger partial charge in [0.15, 0.2) is 0 Å². The lowest BCUT2D eigenvalue weighted by Gasteiger charge is -2.20. The number of carboxylic acids is 2. The average Bonchev–Trinajstić information content (AvgIpc) is 2.84. The number of aliphatic hydroxyl groups is 1. The van der Waals surface area contributed by atoms with Crippen LogP contribution in [0, 0.1) is 0 Å². The molecule has 0 aliphatic heterocycles. The third-order valence-electron chi connectivity index (χ3n) is 4.55. The van der Waals surface area contributed by atoms with Crippen LogP contribution in [0.25, 0.3) is 0 Å². The number of thioether (sulfide) groups is 1. The van der Waals surface area contributed by atoms with E-state index in [2.05, 4.69) is 5.32 Å². The minimum Gasteiger partial charge on any atom is -0.481 e. The topological polar surface area (TPSA) is 150 Å². The third-order valence-corrected chi connectivity index (χ3v) is 5.96. The molecule has 0 fully saturated rings. The van der Waals surface area contributed by atoms with Gasteiger partial charge in [-0.2, -0.15) is 0 Å². The third kappa shape index (κ3) is 20.5. The lowest BCUT2D eigenvalue weighted by atomic mass is 10.1. The van der Waals surface area contributed by atoms with Gasteiger partial charge in [0, 0.05) is 17.4 Å². The fourth-order valence-electron chi connectivity index (χ4n) is 2.65. The lowest BCUT2D eigenvalue weighted by Crippen LogP contribution is -2.44. The van der Waals surface area contributed by atoms with Crippen LogP contribution in [0.1, 0.15) is 45.4 Å². The first-order valence-corrected chi connectivity index (χ1v) is 13.0. The Morgan fingerprint density at radius 2 is 1.56 bits per heavy atom. The lowest BCUT2D eigenvalue weighted by molar-refractivity contribution is -0.138. The van der Waals surface area contributed by atoms with Crippen LogP contribution in [-0.2, 0) is 14.4 Å². The summed E-state index contributed by atoms with van der Waals surface area (Å²) in [6.45, 7) is 1.53. The first-order valence-electron chi connectivity index (χ1n) is 12.0. The Morgan fingerprint density at radius 3 is 2.22 bits per heavy atom. The van der Waals surface area contributed by atoms with Gasteiger partial charge >= 0.3 is 11.9 Å². The second-order valence-corrected chi connectivity index (χ2v) is 8.95. The predicted octanol–water partition coefficient (Wildman–Crippen LogP) is 3.76. The van der Waals surface area contributed by atoms with Crippen molar-refractivity contribution < 1.29 is 29.7 Å². The highest BCUT2D eigenvalue weighted by Gasteiger charge is 2.20. The molecule has 0 aromatic heterocycles. The maximum atomic E-state index is 11.9. The highest BCUT2D eigenvalue weighted by Crippen LogP contribution is 2.20. The highest BCUT2D eigenvalue weighted by molar-refractivity contribution is 8.00. The number of nitrogens with one attached hydrogen (secondary N) is 1. The first-order chi connectivity index (χ1) is 17.3. The summed E-state index contributed by atoms with van der Waals surface area (Å²) < 4.78 is 0. The number of hydrogen-bond donors (Lipinski definition) is 5. The molecule has 0 heterocycles. The summed E-state index contributed by atoms with van der Waals surface area (Å²) in [6.07, 6.45) is 26.1. The number of rotatable bonds is 20. The van der Waals surface area contributed by atoms with Crippen LogP contribution in [0.5, 0.6) is 0 Å². The van der Waals surface area contributed by atoms with E-state index in [0.29, 0.717) is 12.8 Å². The van der Waals surface area contributed by atoms with Crippen molar-refractivity contribution in [1.29, 1.82) is 0 Å². The predicted molar refractivity (Wildman–Crippen MR) is 147 cm³/mol. The first kappa shape index (κ1) is 33.1. The van der Waals surface area contributed by atoms with Crippen LogP contribution in [-0.4, -0.2) is 62.9 Å². The number of allylic oxidation sites excluding steroid dienone is 10. The molecule has 0 aliphatic carbocycles. The van der Waals surface area contributed by atoms with Crippen molar-refractivity contribution in [1.82, 2.24) is 5.32 Å². The summed E-state index contributed by atoms with van der Waals surface area (Å²) in [4.78, 5) is 32.9. The van der Waals surface area contributed by atoms with Gasteiger partial charge in [-0.1, -0.05) is 79.8 Å². The molecule has 3 unspecified atom stereocenters. The van der Waals surface area contributed by atoms with Crippen molar-refractivity contribution in [3.8, 4) is 0 Å². The summed E-state index contributed by atoms with van der Waals surface area (Å²) in [6, 6.07) is -0.879. The van der Waals surface area contributed by atoms with Gasteiger partial charge in [-0.15, -0.1) is 11.8 Å². The standard InChI is InChI=1S/C27H40N2O6S/c1-2-3-14-17-23(30)24(36-21-22(28)27(35)29-20-26(33)34)18-15-12-10-8-6-4-5-7-9-11-13-16-19-25(31)32/h3,5-8,10-15,18,22-24,30H,2,4,9,16-17,19-21,28H2,1H3,(H,29,35)(H,31,32)(H,33,34). The van der Waals surface area contributed by atoms with Crippen LogP contribution in [0.4, 0.5) is 0 Å². The fourth-order valence-corrected chi connectivity index (χ4v) is 3.76. The Kier molecular flexibility index (Phi) is 20.8. The molecule has 0 bridgehead atoms. The van der Waals surface area contributed by atoms with Gasteiger partial charge in [0.25, 0.3) is 0 Å². The number of hydrogen-bond acceptors (Lipinski definition) is 6. The zero-order chi connectivity index (χ0) is 27.0. The smallest absolute Gasteiger partial charge is 0.322 e.